The van der Waals surface area contributed by atoms with Gasteiger partial charge in [-0.25, -0.2) is 0 Å². The summed E-state index contributed by atoms with van der Waals surface area (Å²) < 4.78 is 0. The van der Waals surface area contributed by atoms with Crippen LogP contribution in [0, 0.1) is 17.2 Å². The fourth-order valence-corrected chi connectivity index (χ4v) is 4.58. The molecule has 0 aromatic rings. The van der Waals surface area contributed by atoms with E-state index in [0.29, 0.717) is 6.04 Å². The molecule has 3 rings (SSSR count). The highest BCUT2D eigenvalue weighted by Crippen LogP contribution is 2.29. The topological polar surface area (TPSA) is 30.3 Å². The molecule has 0 aromatic carbocycles. The minimum absolute atomic E-state index is 0.288. The third-order valence-electron chi connectivity index (χ3n) is 5.80. The van der Waals surface area contributed by atoms with Crippen LogP contribution in [-0.4, -0.2) is 48.1 Å². The van der Waals surface area contributed by atoms with Crippen molar-refractivity contribution in [2.75, 3.05) is 26.2 Å². The van der Waals surface area contributed by atoms with E-state index in [0.717, 1.165) is 12.5 Å². The third kappa shape index (κ3) is 3.18. The van der Waals surface area contributed by atoms with Gasteiger partial charge in [-0.05, 0) is 25.7 Å². The zero-order valence-corrected chi connectivity index (χ0v) is 12.8. The van der Waals surface area contributed by atoms with Gasteiger partial charge in [0.15, 0.2) is 0 Å². The predicted octanol–water partition coefficient (Wildman–Crippen LogP) is 3.02. The zero-order valence-electron chi connectivity index (χ0n) is 12.8. The summed E-state index contributed by atoms with van der Waals surface area (Å²) in [6.07, 6.45) is 12.0. The molecule has 3 fully saturated rings. The molecule has 3 heteroatoms. The number of hydrogen-bond acceptors (Lipinski definition) is 3. The number of nitrogens with zero attached hydrogens (tertiary/aromatic N) is 3. The van der Waals surface area contributed by atoms with Gasteiger partial charge in [0.1, 0.15) is 0 Å². The Morgan fingerprint density at radius 1 is 0.700 bits per heavy atom. The first kappa shape index (κ1) is 14.4. The summed E-state index contributed by atoms with van der Waals surface area (Å²) in [5, 5.41) is 9.45. The van der Waals surface area contributed by atoms with Gasteiger partial charge in [-0.15, -0.1) is 0 Å². The first-order valence-electron chi connectivity index (χ1n) is 8.76. The molecule has 3 aliphatic rings. The molecule has 2 unspecified atom stereocenters. The molecule has 0 amide bonds. The first-order valence-corrected chi connectivity index (χ1v) is 8.76. The first-order chi connectivity index (χ1) is 9.88. The highest BCUT2D eigenvalue weighted by atomic mass is 15.3. The Morgan fingerprint density at radius 2 is 1.30 bits per heavy atom. The molecule has 0 radical (unpaired) electrons. The van der Waals surface area contributed by atoms with Crippen molar-refractivity contribution >= 4 is 0 Å². The average Bonchev–Trinajstić information content (AvgIpc) is 2.92. The van der Waals surface area contributed by atoms with Crippen LogP contribution in [0.3, 0.4) is 0 Å². The quantitative estimate of drug-likeness (QED) is 0.726. The van der Waals surface area contributed by atoms with E-state index < -0.39 is 0 Å². The van der Waals surface area contributed by atoms with Crippen molar-refractivity contribution in [2.24, 2.45) is 5.92 Å². The van der Waals surface area contributed by atoms with Gasteiger partial charge in [-0.2, -0.15) is 5.26 Å². The third-order valence-corrected chi connectivity index (χ3v) is 5.80. The predicted molar refractivity (Wildman–Crippen MR) is 81.4 cm³/mol. The van der Waals surface area contributed by atoms with Gasteiger partial charge in [0.2, 0.25) is 0 Å². The molecule has 2 saturated carbocycles. The van der Waals surface area contributed by atoms with Gasteiger partial charge in [0, 0.05) is 38.3 Å². The fourth-order valence-electron chi connectivity index (χ4n) is 4.58. The molecule has 0 bridgehead atoms. The molecule has 112 valence electrons. The maximum absolute atomic E-state index is 9.45. The molecule has 0 spiro atoms. The van der Waals surface area contributed by atoms with Crippen LogP contribution in [0.5, 0.6) is 0 Å². The van der Waals surface area contributed by atoms with Crippen LogP contribution < -0.4 is 0 Å². The smallest absolute Gasteiger partial charge is 0.0672 e. The minimum atomic E-state index is 0.288. The summed E-state index contributed by atoms with van der Waals surface area (Å²) in [6.45, 7) is 4.86. The Labute approximate surface area is 123 Å². The van der Waals surface area contributed by atoms with E-state index in [2.05, 4.69) is 15.9 Å². The molecular weight excluding hydrogens is 246 g/mol. The van der Waals surface area contributed by atoms with E-state index in [1.165, 1.54) is 77.5 Å². The lowest BCUT2D eigenvalue weighted by Crippen LogP contribution is -2.54. The zero-order chi connectivity index (χ0) is 13.8. The van der Waals surface area contributed by atoms with Crippen molar-refractivity contribution in [1.82, 2.24) is 9.80 Å². The Morgan fingerprint density at radius 3 is 2.00 bits per heavy atom. The van der Waals surface area contributed by atoms with E-state index in [-0.39, 0.29) is 5.92 Å². The molecule has 2 atom stereocenters. The summed E-state index contributed by atoms with van der Waals surface area (Å²) in [5.74, 6) is 0.288. The van der Waals surface area contributed by atoms with Gasteiger partial charge in [-0.1, -0.05) is 32.1 Å². The fraction of sp³-hybridized carbons (Fsp3) is 0.941. The standard InChI is InChI=1S/C17H29N3/c18-14-15-6-2-1-3-9-17(15)20-12-10-19(11-13-20)16-7-4-5-8-16/h15-17H,1-13H2. The van der Waals surface area contributed by atoms with E-state index >= 15 is 0 Å². The Kier molecular flexibility index (Phi) is 4.96. The Bertz CT molecular complexity index is 335. The summed E-state index contributed by atoms with van der Waals surface area (Å²) in [5.41, 5.74) is 0. The van der Waals surface area contributed by atoms with Crippen LogP contribution in [0.25, 0.3) is 0 Å². The van der Waals surface area contributed by atoms with Gasteiger partial charge < -0.3 is 0 Å². The molecule has 1 heterocycles. The van der Waals surface area contributed by atoms with Crippen molar-refractivity contribution in [3.63, 3.8) is 0 Å². The van der Waals surface area contributed by atoms with E-state index in [9.17, 15) is 5.26 Å². The highest BCUT2D eigenvalue weighted by molar-refractivity contribution is 4.96. The SMILES string of the molecule is N#CC1CCCCCC1N1CCN(C2CCCC2)CC1. The van der Waals surface area contributed by atoms with Crippen LogP contribution in [0.4, 0.5) is 0 Å². The second kappa shape index (κ2) is 6.91. The van der Waals surface area contributed by atoms with Crippen molar-refractivity contribution < 1.29 is 0 Å². The number of hydrogen-bond donors (Lipinski definition) is 0. The van der Waals surface area contributed by atoms with Crippen molar-refractivity contribution in [1.29, 1.82) is 5.26 Å². The average molecular weight is 275 g/mol. The normalized spacial score (nSPS) is 34.8. The number of piperazine rings is 1. The lowest BCUT2D eigenvalue weighted by Gasteiger charge is -2.42. The number of rotatable bonds is 2. The van der Waals surface area contributed by atoms with Crippen LogP contribution >= 0.6 is 0 Å². The monoisotopic (exact) mass is 275 g/mol. The largest absolute Gasteiger partial charge is 0.298 e. The molecule has 20 heavy (non-hydrogen) atoms. The van der Waals surface area contributed by atoms with Gasteiger partial charge >= 0.3 is 0 Å². The molecule has 0 aromatic heterocycles. The van der Waals surface area contributed by atoms with Crippen molar-refractivity contribution in [3.8, 4) is 6.07 Å². The summed E-state index contributed by atoms with van der Waals surface area (Å²) >= 11 is 0. The van der Waals surface area contributed by atoms with E-state index in [4.69, 9.17) is 0 Å². The van der Waals surface area contributed by atoms with Gasteiger partial charge in [0.25, 0.3) is 0 Å². The van der Waals surface area contributed by atoms with Crippen molar-refractivity contribution in [2.45, 2.75) is 69.9 Å². The second-order valence-electron chi connectivity index (χ2n) is 6.95. The van der Waals surface area contributed by atoms with Crippen LogP contribution in [-0.2, 0) is 0 Å². The number of nitriles is 1. The Hall–Kier alpha value is -0.590. The van der Waals surface area contributed by atoms with Gasteiger partial charge in [0.05, 0.1) is 12.0 Å². The van der Waals surface area contributed by atoms with Crippen molar-refractivity contribution in [3.05, 3.63) is 0 Å². The van der Waals surface area contributed by atoms with Crippen LogP contribution in [0.1, 0.15) is 57.8 Å². The highest BCUT2D eigenvalue weighted by Gasteiger charge is 2.33. The molecule has 1 saturated heterocycles. The molecule has 3 nitrogen and oxygen atoms in total. The molecule has 0 N–H and O–H groups in total. The molecular formula is C17H29N3. The maximum Gasteiger partial charge on any atom is 0.0672 e. The summed E-state index contributed by atoms with van der Waals surface area (Å²) in [7, 11) is 0. The van der Waals surface area contributed by atoms with E-state index in [1.54, 1.807) is 0 Å². The Balaban J connectivity index is 1.54. The minimum Gasteiger partial charge on any atom is -0.298 e. The molecule has 2 aliphatic carbocycles. The lowest BCUT2D eigenvalue weighted by molar-refractivity contribution is 0.0555. The van der Waals surface area contributed by atoms with Gasteiger partial charge in [-0.3, -0.25) is 9.80 Å². The summed E-state index contributed by atoms with van der Waals surface area (Å²) in [4.78, 5) is 5.37. The van der Waals surface area contributed by atoms with Crippen LogP contribution in [0.15, 0.2) is 0 Å². The lowest BCUT2D eigenvalue weighted by atomic mass is 9.94. The maximum atomic E-state index is 9.45. The molecule has 1 aliphatic heterocycles. The van der Waals surface area contributed by atoms with E-state index in [1.807, 2.05) is 0 Å². The second-order valence-corrected chi connectivity index (χ2v) is 6.95. The van der Waals surface area contributed by atoms with Crippen LogP contribution in [0.2, 0.25) is 0 Å². The summed E-state index contributed by atoms with van der Waals surface area (Å²) in [6, 6.07) is 4.02.